The lowest BCUT2D eigenvalue weighted by Gasteiger charge is -2.56. The number of amides is 1. The Bertz CT molecular complexity index is 1070. The van der Waals surface area contributed by atoms with Crippen LogP contribution in [0, 0.1) is 10.8 Å². The van der Waals surface area contributed by atoms with Gasteiger partial charge in [0.05, 0.1) is 16.6 Å². The third-order valence-corrected chi connectivity index (χ3v) is 9.20. The Kier molecular flexibility index (Phi) is 3.93. The smallest absolute Gasteiger partial charge is 0.234 e. The fraction of sp³-hybridized carbons (Fsp3) is 0.704. The zero-order valence-corrected chi connectivity index (χ0v) is 19.9. The Morgan fingerprint density at radius 2 is 1.77 bits per heavy atom. The largest absolute Gasteiger partial charge is 0.336 e. The molecule has 4 atom stereocenters. The molecule has 3 aliphatic carbocycles. The van der Waals surface area contributed by atoms with E-state index in [1.165, 1.54) is 62.3 Å². The van der Waals surface area contributed by atoms with E-state index in [2.05, 4.69) is 50.8 Å². The van der Waals surface area contributed by atoms with E-state index in [1.807, 2.05) is 11.7 Å². The lowest BCUT2D eigenvalue weighted by molar-refractivity contribution is -0.150. The minimum absolute atomic E-state index is 0.307. The molecule has 1 amide bonds. The van der Waals surface area contributed by atoms with Crippen molar-refractivity contribution in [1.29, 1.82) is 0 Å². The van der Waals surface area contributed by atoms with E-state index >= 15 is 0 Å². The number of hydrogen-bond acceptors (Lipinski definition) is 2. The fourth-order valence-electron chi connectivity index (χ4n) is 7.92. The van der Waals surface area contributed by atoms with Crippen molar-refractivity contribution in [3.8, 4) is 0 Å². The van der Waals surface area contributed by atoms with Gasteiger partial charge in [0.25, 0.3) is 0 Å². The van der Waals surface area contributed by atoms with E-state index in [9.17, 15) is 4.79 Å². The summed E-state index contributed by atoms with van der Waals surface area (Å²) in [6, 6.07) is 7.38. The molecule has 166 valence electrons. The van der Waals surface area contributed by atoms with Crippen LogP contribution in [0.4, 0.5) is 0 Å². The molecule has 0 spiro atoms. The van der Waals surface area contributed by atoms with E-state index in [1.54, 1.807) is 0 Å². The van der Waals surface area contributed by atoms with Gasteiger partial charge < -0.3 is 4.90 Å². The van der Waals surface area contributed by atoms with Gasteiger partial charge in [-0.05, 0) is 93.6 Å². The molecular weight excluding hydrogens is 382 g/mol. The first-order chi connectivity index (χ1) is 14.6. The van der Waals surface area contributed by atoms with Gasteiger partial charge in [0.15, 0.2) is 0 Å². The van der Waals surface area contributed by atoms with Crippen LogP contribution in [0.3, 0.4) is 0 Å². The minimum atomic E-state index is -0.616. The molecule has 4 unspecified atom stereocenters. The SMILES string of the molecule is Cn1nc(C(C)(C)C(=O)N2C3CCC4(C)CC2CC(C)(C3)C4)c2c(C3CC3)cccc21. The number of piperidine rings is 1. The molecule has 2 aliphatic heterocycles. The van der Waals surface area contributed by atoms with Crippen molar-refractivity contribution in [3.05, 3.63) is 29.5 Å². The van der Waals surface area contributed by atoms with Crippen molar-refractivity contribution in [3.63, 3.8) is 0 Å². The number of nitrogens with zero attached hydrogens (tertiary/aromatic N) is 3. The summed E-state index contributed by atoms with van der Waals surface area (Å²) in [5.41, 5.74) is 3.76. The first-order valence-corrected chi connectivity index (χ1v) is 12.4. The summed E-state index contributed by atoms with van der Waals surface area (Å²) in [6.45, 7) is 9.22. The predicted octanol–water partition coefficient (Wildman–Crippen LogP) is 5.69. The summed E-state index contributed by atoms with van der Waals surface area (Å²) in [7, 11) is 2.03. The normalized spacial score (nSPS) is 35.1. The molecule has 2 aromatic rings. The van der Waals surface area contributed by atoms with Gasteiger partial charge in [-0.15, -0.1) is 0 Å². The van der Waals surface area contributed by atoms with Crippen LogP contribution in [0.1, 0.15) is 96.2 Å². The van der Waals surface area contributed by atoms with Crippen LogP contribution in [0.25, 0.3) is 10.9 Å². The lowest BCUT2D eigenvalue weighted by Crippen LogP contribution is -2.60. The molecule has 2 saturated heterocycles. The average Bonchev–Trinajstić information content (AvgIpc) is 3.49. The van der Waals surface area contributed by atoms with Crippen LogP contribution < -0.4 is 0 Å². The molecule has 7 rings (SSSR count). The van der Waals surface area contributed by atoms with E-state index in [0.29, 0.717) is 34.7 Å². The number of fused-ring (bicyclic) bond motifs is 2. The summed E-state index contributed by atoms with van der Waals surface area (Å²) >= 11 is 0. The van der Waals surface area contributed by atoms with Crippen LogP contribution in [0.5, 0.6) is 0 Å². The maximum atomic E-state index is 14.3. The number of hydrogen-bond donors (Lipinski definition) is 0. The first-order valence-electron chi connectivity index (χ1n) is 12.4. The van der Waals surface area contributed by atoms with Crippen LogP contribution >= 0.6 is 0 Å². The number of aryl methyl sites for hydroxylation is 1. The highest BCUT2D eigenvalue weighted by molar-refractivity contribution is 5.95. The van der Waals surface area contributed by atoms with Crippen molar-refractivity contribution in [2.45, 2.75) is 102 Å². The number of benzene rings is 1. The Labute approximate surface area is 186 Å². The Morgan fingerprint density at radius 3 is 2.52 bits per heavy atom. The van der Waals surface area contributed by atoms with Crippen LogP contribution in [0.2, 0.25) is 0 Å². The number of carbonyl (C=O) groups excluding carboxylic acids is 1. The second-order valence-corrected chi connectivity index (χ2v) is 12.6. The molecule has 31 heavy (non-hydrogen) atoms. The van der Waals surface area contributed by atoms with Gasteiger partial charge in [0.1, 0.15) is 0 Å². The second kappa shape index (κ2) is 6.14. The fourth-order valence-corrected chi connectivity index (χ4v) is 7.92. The van der Waals surface area contributed by atoms with Gasteiger partial charge in [-0.1, -0.05) is 26.0 Å². The topological polar surface area (TPSA) is 38.1 Å². The minimum Gasteiger partial charge on any atom is -0.336 e. The number of carbonyl (C=O) groups is 1. The monoisotopic (exact) mass is 419 g/mol. The Hall–Kier alpha value is -1.84. The molecule has 3 saturated carbocycles. The van der Waals surface area contributed by atoms with Crippen molar-refractivity contribution in [2.75, 3.05) is 0 Å². The van der Waals surface area contributed by atoms with E-state index < -0.39 is 5.41 Å². The summed E-state index contributed by atoms with van der Waals surface area (Å²) in [4.78, 5) is 16.7. The van der Waals surface area contributed by atoms with Crippen molar-refractivity contribution >= 4 is 16.8 Å². The van der Waals surface area contributed by atoms with Gasteiger partial charge in [-0.2, -0.15) is 5.10 Å². The maximum Gasteiger partial charge on any atom is 0.234 e. The van der Waals surface area contributed by atoms with Crippen LogP contribution in [0.15, 0.2) is 18.2 Å². The summed E-state index contributed by atoms with van der Waals surface area (Å²) in [5.74, 6) is 0.948. The molecule has 3 heterocycles. The number of rotatable bonds is 3. The lowest BCUT2D eigenvalue weighted by atomic mass is 9.59. The van der Waals surface area contributed by atoms with Gasteiger partial charge in [0, 0.05) is 24.5 Å². The summed E-state index contributed by atoms with van der Waals surface area (Å²) in [6.07, 6.45) is 9.83. The third kappa shape index (κ3) is 2.85. The van der Waals surface area contributed by atoms with E-state index in [4.69, 9.17) is 5.10 Å². The molecule has 0 N–H and O–H groups in total. The summed E-state index contributed by atoms with van der Waals surface area (Å²) < 4.78 is 1.99. The third-order valence-electron chi connectivity index (χ3n) is 9.20. The highest BCUT2D eigenvalue weighted by Crippen LogP contribution is 2.59. The van der Waals surface area contributed by atoms with Gasteiger partial charge >= 0.3 is 0 Å². The van der Waals surface area contributed by atoms with Gasteiger partial charge in [0.2, 0.25) is 5.91 Å². The van der Waals surface area contributed by atoms with Crippen LogP contribution in [-0.2, 0) is 17.3 Å². The molecule has 4 heteroatoms. The number of aromatic nitrogens is 2. The van der Waals surface area contributed by atoms with Crippen molar-refractivity contribution < 1.29 is 4.79 Å². The zero-order chi connectivity index (χ0) is 21.8. The molecular formula is C27H37N3O. The van der Waals surface area contributed by atoms with Crippen LogP contribution in [-0.4, -0.2) is 32.7 Å². The van der Waals surface area contributed by atoms with Gasteiger partial charge in [-0.3, -0.25) is 9.48 Å². The molecule has 5 fully saturated rings. The van der Waals surface area contributed by atoms with E-state index in [-0.39, 0.29) is 0 Å². The predicted molar refractivity (Wildman–Crippen MR) is 124 cm³/mol. The quantitative estimate of drug-likeness (QED) is 0.641. The molecule has 4 bridgehead atoms. The zero-order valence-electron chi connectivity index (χ0n) is 19.9. The average molecular weight is 420 g/mol. The molecule has 0 radical (unpaired) electrons. The second-order valence-electron chi connectivity index (χ2n) is 12.6. The molecule has 5 aliphatic rings. The standard InChI is InChI=1S/C27H37N3O/c1-25(2,23-22-20(17-9-10-17)7-6-8-21(22)29(5)28-23)24(31)30-18-11-12-26(3)14-19(30)15-27(4,13-18)16-26/h6-8,17-19H,9-16H2,1-5H3. The first kappa shape index (κ1) is 19.8. The van der Waals surface area contributed by atoms with Crippen molar-refractivity contribution in [2.24, 2.45) is 17.9 Å². The van der Waals surface area contributed by atoms with Gasteiger partial charge in [-0.25, -0.2) is 0 Å². The molecule has 4 nitrogen and oxygen atoms in total. The highest BCUT2D eigenvalue weighted by atomic mass is 16.2. The Balaban J connectivity index is 1.43. The molecule has 1 aromatic carbocycles. The Morgan fingerprint density at radius 1 is 1.06 bits per heavy atom. The highest BCUT2D eigenvalue weighted by Gasteiger charge is 2.56. The van der Waals surface area contributed by atoms with Crippen molar-refractivity contribution in [1.82, 2.24) is 14.7 Å². The summed E-state index contributed by atoms with van der Waals surface area (Å²) in [5, 5.41) is 6.23. The van der Waals surface area contributed by atoms with E-state index in [0.717, 1.165) is 11.2 Å². The molecule has 1 aromatic heterocycles. The maximum absolute atomic E-state index is 14.3.